The van der Waals surface area contributed by atoms with Gasteiger partial charge in [0.1, 0.15) is 5.60 Å². The number of hydrogen-bond donors (Lipinski definition) is 0. The van der Waals surface area contributed by atoms with Crippen molar-refractivity contribution in [3.63, 3.8) is 0 Å². The molecule has 2 aliphatic heterocycles. The van der Waals surface area contributed by atoms with Crippen LogP contribution in [0, 0.1) is 28.6 Å². The van der Waals surface area contributed by atoms with Crippen molar-refractivity contribution in [3.8, 4) is 0 Å². The first kappa shape index (κ1) is 21.1. The summed E-state index contributed by atoms with van der Waals surface area (Å²) >= 11 is 0. The van der Waals surface area contributed by atoms with E-state index >= 15 is 0 Å². The maximum Gasteiger partial charge on any atom is 0.304 e. The molecule has 2 saturated heterocycles. The molecular weight excluding hydrogens is 372 g/mol. The molecule has 4 aliphatic rings. The Morgan fingerprint density at radius 1 is 0.966 bits per heavy atom. The Kier molecular flexibility index (Phi) is 5.05. The van der Waals surface area contributed by atoms with E-state index < -0.39 is 12.6 Å². The van der Waals surface area contributed by atoms with Crippen LogP contribution in [-0.2, 0) is 28.5 Å². The molecule has 6 heteroatoms. The van der Waals surface area contributed by atoms with Crippen molar-refractivity contribution in [1.82, 2.24) is 0 Å². The minimum atomic E-state index is -0.727. The second-order valence-electron chi connectivity index (χ2n) is 10.9. The molecule has 2 saturated carbocycles. The lowest BCUT2D eigenvalue weighted by Gasteiger charge is -2.53. The van der Waals surface area contributed by atoms with Crippen molar-refractivity contribution in [2.24, 2.45) is 28.6 Å². The molecule has 0 N–H and O–H groups in total. The summed E-state index contributed by atoms with van der Waals surface area (Å²) in [5.41, 5.74) is 0.128. The first-order chi connectivity index (χ1) is 13.5. The highest BCUT2D eigenvalue weighted by molar-refractivity contribution is 5.66. The molecule has 0 aromatic rings. The highest BCUT2D eigenvalue weighted by atomic mass is 16.8. The Balaban J connectivity index is 1.67. The molecule has 164 valence electrons. The van der Waals surface area contributed by atoms with Gasteiger partial charge in [0.25, 0.3) is 0 Å². The predicted octanol–water partition coefficient (Wildman–Crippen LogP) is 4.20. The summed E-state index contributed by atoms with van der Waals surface area (Å²) in [6.45, 7) is 12.1. The summed E-state index contributed by atoms with van der Waals surface area (Å²) in [5.74, 6) is -0.494. The molecule has 2 unspecified atom stereocenters. The van der Waals surface area contributed by atoms with Gasteiger partial charge >= 0.3 is 11.9 Å². The van der Waals surface area contributed by atoms with Crippen molar-refractivity contribution in [2.45, 2.75) is 104 Å². The van der Waals surface area contributed by atoms with E-state index in [9.17, 15) is 9.59 Å². The quantitative estimate of drug-likeness (QED) is 0.515. The molecule has 2 aliphatic carbocycles. The van der Waals surface area contributed by atoms with Crippen LogP contribution in [0.5, 0.6) is 0 Å². The lowest BCUT2D eigenvalue weighted by molar-refractivity contribution is -0.216. The van der Waals surface area contributed by atoms with Gasteiger partial charge in [-0.2, -0.15) is 0 Å². The summed E-state index contributed by atoms with van der Waals surface area (Å²) in [4.78, 5) is 23.4. The number of fused-ring (bicyclic) bond motifs is 2. The molecule has 1 spiro atoms. The second-order valence-corrected chi connectivity index (χ2v) is 10.9. The lowest BCUT2D eigenvalue weighted by Crippen LogP contribution is -2.54. The third kappa shape index (κ3) is 3.50. The number of hydrogen-bond acceptors (Lipinski definition) is 6. The van der Waals surface area contributed by atoms with Crippen LogP contribution in [0.25, 0.3) is 0 Å². The highest BCUT2D eigenvalue weighted by Crippen LogP contribution is 2.67. The molecule has 8 atom stereocenters. The van der Waals surface area contributed by atoms with Crippen LogP contribution in [0.2, 0.25) is 0 Å². The van der Waals surface area contributed by atoms with Crippen LogP contribution in [-0.4, -0.2) is 36.2 Å². The Morgan fingerprint density at radius 2 is 1.59 bits per heavy atom. The maximum absolute atomic E-state index is 11.8. The van der Waals surface area contributed by atoms with E-state index in [2.05, 4.69) is 27.7 Å². The number of epoxide rings is 1. The minimum absolute atomic E-state index is 0.00958. The van der Waals surface area contributed by atoms with Crippen LogP contribution in [0.4, 0.5) is 0 Å². The van der Waals surface area contributed by atoms with E-state index in [-0.39, 0.29) is 40.9 Å². The Bertz CT molecular complexity index is 689. The van der Waals surface area contributed by atoms with E-state index in [1.165, 1.54) is 39.5 Å². The summed E-state index contributed by atoms with van der Waals surface area (Å²) in [6, 6.07) is 0. The van der Waals surface area contributed by atoms with Crippen molar-refractivity contribution in [1.29, 1.82) is 0 Å². The van der Waals surface area contributed by atoms with Crippen LogP contribution in [0.1, 0.15) is 80.1 Å². The predicted molar refractivity (Wildman–Crippen MR) is 106 cm³/mol. The topological polar surface area (TPSA) is 74.4 Å². The summed E-state index contributed by atoms with van der Waals surface area (Å²) in [5, 5.41) is 0. The van der Waals surface area contributed by atoms with E-state index in [1.807, 2.05) is 0 Å². The summed E-state index contributed by atoms with van der Waals surface area (Å²) in [6.07, 6.45) is 5.46. The van der Waals surface area contributed by atoms with Crippen LogP contribution >= 0.6 is 0 Å². The normalized spacial score (nSPS) is 48.1. The first-order valence-electron chi connectivity index (χ1n) is 11.2. The van der Waals surface area contributed by atoms with Gasteiger partial charge in [-0.15, -0.1) is 0 Å². The molecule has 0 radical (unpaired) electrons. The molecule has 0 aromatic carbocycles. The lowest BCUT2D eigenvalue weighted by atomic mass is 9.51. The molecule has 29 heavy (non-hydrogen) atoms. The van der Waals surface area contributed by atoms with E-state index in [4.69, 9.17) is 18.9 Å². The van der Waals surface area contributed by atoms with Gasteiger partial charge in [0, 0.05) is 19.8 Å². The van der Waals surface area contributed by atoms with Gasteiger partial charge in [-0.25, -0.2) is 0 Å². The Hall–Kier alpha value is -1.14. The van der Waals surface area contributed by atoms with E-state index in [0.29, 0.717) is 11.3 Å². The van der Waals surface area contributed by atoms with Crippen LogP contribution in [0.3, 0.4) is 0 Å². The van der Waals surface area contributed by atoms with Gasteiger partial charge in [-0.05, 0) is 55.8 Å². The molecule has 0 bridgehead atoms. The monoisotopic (exact) mass is 408 g/mol. The molecule has 4 rings (SSSR count). The first-order valence-corrected chi connectivity index (χ1v) is 11.2. The zero-order valence-corrected chi connectivity index (χ0v) is 18.7. The number of carbonyl (C=O) groups is 2. The molecule has 6 nitrogen and oxygen atoms in total. The van der Waals surface area contributed by atoms with Gasteiger partial charge < -0.3 is 18.9 Å². The van der Waals surface area contributed by atoms with Gasteiger partial charge in [0.2, 0.25) is 12.6 Å². The zero-order valence-electron chi connectivity index (χ0n) is 18.7. The molecule has 0 amide bonds. The van der Waals surface area contributed by atoms with Crippen molar-refractivity contribution in [3.05, 3.63) is 0 Å². The number of rotatable bonds is 3. The van der Waals surface area contributed by atoms with Crippen molar-refractivity contribution in [2.75, 3.05) is 0 Å². The smallest absolute Gasteiger partial charge is 0.304 e. The molecule has 0 aromatic heterocycles. The largest absolute Gasteiger partial charge is 0.435 e. The van der Waals surface area contributed by atoms with Crippen LogP contribution in [0.15, 0.2) is 0 Å². The van der Waals surface area contributed by atoms with Gasteiger partial charge in [-0.3, -0.25) is 9.59 Å². The third-order valence-electron chi connectivity index (χ3n) is 8.07. The maximum atomic E-state index is 11.8. The van der Waals surface area contributed by atoms with Crippen LogP contribution < -0.4 is 0 Å². The van der Waals surface area contributed by atoms with Gasteiger partial charge in [0.15, 0.2) is 0 Å². The molecule has 4 fully saturated rings. The van der Waals surface area contributed by atoms with E-state index in [1.54, 1.807) is 0 Å². The fraction of sp³-hybridized carbons (Fsp3) is 0.913. The fourth-order valence-electron chi connectivity index (χ4n) is 7.33. The standard InChI is InChI=1S/C23H36O6/c1-13-23(29-13)17(22(6)11-7-10-21(4,5)12-22)9-8-16-18(23)20(27-15(3)25)28-19(16)26-14(2)24/h13,16-20H,7-12H2,1-6H3/t13-,16?,17+,18?,19+,20-,22-,23-/m0/s1. The highest BCUT2D eigenvalue weighted by Gasteiger charge is 2.75. The number of carbonyl (C=O) groups excluding carboxylic acids is 2. The van der Waals surface area contributed by atoms with Gasteiger partial charge in [0.05, 0.1) is 12.0 Å². The number of esters is 2. The average molecular weight is 409 g/mol. The van der Waals surface area contributed by atoms with Gasteiger partial charge in [-0.1, -0.05) is 27.2 Å². The fourth-order valence-corrected chi connectivity index (χ4v) is 7.33. The zero-order chi connectivity index (χ0) is 21.2. The third-order valence-corrected chi connectivity index (χ3v) is 8.07. The van der Waals surface area contributed by atoms with E-state index in [0.717, 1.165) is 12.8 Å². The number of ether oxygens (including phenoxy) is 4. The Labute approximate surface area is 174 Å². The summed E-state index contributed by atoms with van der Waals surface area (Å²) < 4.78 is 23.5. The second kappa shape index (κ2) is 6.94. The Morgan fingerprint density at radius 3 is 2.14 bits per heavy atom. The summed E-state index contributed by atoms with van der Waals surface area (Å²) in [7, 11) is 0. The van der Waals surface area contributed by atoms with Crippen molar-refractivity contribution >= 4 is 11.9 Å². The SMILES string of the molecule is CC(=O)O[C@@H]1O[C@H](OC(C)=O)C2C1CC[C@H]([C@@]1(C)CCCC(C)(C)C1)[C@]21O[C@H]1C. The minimum Gasteiger partial charge on any atom is -0.435 e. The van der Waals surface area contributed by atoms with Crippen molar-refractivity contribution < 1.29 is 28.5 Å². The molecular formula is C23H36O6. The average Bonchev–Trinajstić information content (AvgIpc) is 3.07. The molecule has 2 heterocycles.